The van der Waals surface area contributed by atoms with Crippen molar-refractivity contribution in [3.05, 3.63) is 16.7 Å². The summed E-state index contributed by atoms with van der Waals surface area (Å²) >= 11 is 6.11. The van der Waals surface area contributed by atoms with Gasteiger partial charge in [-0.25, -0.2) is 0 Å². The first kappa shape index (κ1) is 15.6. The first-order chi connectivity index (χ1) is 9.10. The Morgan fingerprint density at radius 1 is 1.11 bits per heavy atom. The topological polar surface area (TPSA) is 44.8 Å². The van der Waals surface area contributed by atoms with Crippen LogP contribution < -0.4 is 14.2 Å². The minimum Gasteiger partial charge on any atom is -0.492 e. The van der Waals surface area contributed by atoms with Crippen molar-refractivity contribution in [1.29, 1.82) is 0 Å². The molecule has 19 heavy (non-hydrogen) atoms. The Balaban J connectivity index is 3.32. The van der Waals surface area contributed by atoms with Crippen LogP contribution in [0.1, 0.15) is 36.5 Å². The van der Waals surface area contributed by atoms with E-state index in [1.807, 2.05) is 6.92 Å². The molecule has 0 aromatic heterocycles. The summed E-state index contributed by atoms with van der Waals surface area (Å²) in [6.45, 7) is 2.03. The summed E-state index contributed by atoms with van der Waals surface area (Å²) in [4.78, 5) is 12.2. The van der Waals surface area contributed by atoms with Gasteiger partial charge in [-0.15, -0.1) is 0 Å². The highest BCUT2D eigenvalue weighted by Gasteiger charge is 2.23. The van der Waals surface area contributed by atoms with Crippen molar-refractivity contribution in [2.45, 2.75) is 26.2 Å². The number of hydrogen-bond acceptors (Lipinski definition) is 4. The number of methoxy groups -OCH3 is 3. The number of rotatable bonds is 7. The van der Waals surface area contributed by atoms with Gasteiger partial charge >= 0.3 is 0 Å². The molecule has 0 bridgehead atoms. The molecule has 0 heterocycles. The highest BCUT2D eigenvalue weighted by molar-refractivity contribution is 6.33. The summed E-state index contributed by atoms with van der Waals surface area (Å²) in [6.07, 6.45) is 2.24. The van der Waals surface area contributed by atoms with Crippen LogP contribution in [-0.4, -0.2) is 27.1 Å². The van der Waals surface area contributed by atoms with Crippen molar-refractivity contribution < 1.29 is 19.0 Å². The number of halogens is 1. The van der Waals surface area contributed by atoms with Gasteiger partial charge in [0.15, 0.2) is 17.3 Å². The van der Waals surface area contributed by atoms with E-state index in [9.17, 15) is 4.79 Å². The van der Waals surface area contributed by atoms with E-state index in [4.69, 9.17) is 25.8 Å². The van der Waals surface area contributed by atoms with Crippen molar-refractivity contribution in [2.24, 2.45) is 0 Å². The van der Waals surface area contributed by atoms with E-state index in [0.29, 0.717) is 34.3 Å². The number of hydrogen-bond donors (Lipinski definition) is 0. The fourth-order valence-corrected chi connectivity index (χ4v) is 2.12. The van der Waals surface area contributed by atoms with E-state index < -0.39 is 0 Å². The maximum Gasteiger partial charge on any atom is 0.205 e. The van der Waals surface area contributed by atoms with Gasteiger partial charge < -0.3 is 14.2 Å². The maximum atomic E-state index is 12.2. The Kier molecular flexibility index (Phi) is 5.96. The second-order valence-corrected chi connectivity index (χ2v) is 4.44. The first-order valence-corrected chi connectivity index (χ1v) is 6.50. The highest BCUT2D eigenvalue weighted by Crippen LogP contribution is 2.45. The van der Waals surface area contributed by atoms with Crippen LogP contribution in [0.25, 0.3) is 0 Å². The summed E-state index contributed by atoms with van der Waals surface area (Å²) in [6, 6.07) is 1.57. The molecule has 0 atom stereocenters. The zero-order valence-electron chi connectivity index (χ0n) is 11.7. The van der Waals surface area contributed by atoms with E-state index >= 15 is 0 Å². The van der Waals surface area contributed by atoms with Crippen LogP contribution in [0.4, 0.5) is 0 Å². The van der Waals surface area contributed by atoms with E-state index in [2.05, 4.69) is 0 Å². The fraction of sp³-hybridized carbons (Fsp3) is 0.500. The Morgan fingerprint density at radius 2 is 1.68 bits per heavy atom. The number of carbonyl (C=O) groups is 1. The molecule has 0 radical (unpaired) electrons. The number of ether oxygens (including phenoxy) is 3. The second-order valence-electron chi connectivity index (χ2n) is 4.03. The zero-order valence-corrected chi connectivity index (χ0v) is 12.5. The molecule has 0 saturated carbocycles. The van der Waals surface area contributed by atoms with E-state index in [1.54, 1.807) is 6.07 Å². The van der Waals surface area contributed by atoms with Crippen LogP contribution in [0.2, 0.25) is 5.02 Å². The number of carbonyl (C=O) groups excluding carboxylic acids is 1. The summed E-state index contributed by atoms with van der Waals surface area (Å²) < 4.78 is 15.7. The molecule has 0 spiro atoms. The standard InChI is InChI=1S/C14H19ClO4/c1-5-6-7-11(16)9-8-10(15)13(18-3)14(19-4)12(9)17-2/h8H,5-7H2,1-4H3. The van der Waals surface area contributed by atoms with E-state index in [1.165, 1.54) is 21.3 Å². The molecular weight excluding hydrogens is 268 g/mol. The third-order valence-corrected chi connectivity index (χ3v) is 3.10. The van der Waals surface area contributed by atoms with Crippen LogP contribution in [-0.2, 0) is 0 Å². The SMILES string of the molecule is CCCCC(=O)c1cc(Cl)c(OC)c(OC)c1OC. The normalized spacial score (nSPS) is 10.2. The Hall–Kier alpha value is -1.42. The van der Waals surface area contributed by atoms with Crippen LogP contribution in [0.15, 0.2) is 6.07 Å². The number of Topliss-reactive ketones (excluding diaryl/α,β-unsaturated/α-hetero) is 1. The van der Waals surface area contributed by atoms with Crippen LogP contribution in [0.5, 0.6) is 17.2 Å². The average Bonchev–Trinajstić information content (AvgIpc) is 2.43. The molecule has 5 heteroatoms. The molecule has 0 amide bonds. The van der Waals surface area contributed by atoms with Gasteiger partial charge in [0.05, 0.1) is 31.9 Å². The number of unbranched alkanes of at least 4 members (excludes halogenated alkanes) is 1. The largest absolute Gasteiger partial charge is 0.492 e. The first-order valence-electron chi connectivity index (χ1n) is 6.12. The highest BCUT2D eigenvalue weighted by atomic mass is 35.5. The fourth-order valence-electron chi connectivity index (χ4n) is 1.85. The minimum atomic E-state index is -0.0125. The quantitative estimate of drug-likeness (QED) is 0.716. The predicted molar refractivity (Wildman–Crippen MR) is 75.0 cm³/mol. The summed E-state index contributed by atoms with van der Waals surface area (Å²) in [5.41, 5.74) is 0.429. The number of benzene rings is 1. The molecule has 0 N–H and O–H groups in total. The molecule has 1 aromatic carbocycles. The molecule has 1 aromatic rings. The molecule has 0 aliphatic rings. The molecule has 0 unspecified atom stereocenters. The van der Waals surface area contributed by atoms with Crippen molar-refractivity contribution in [3.8, 4) is 17.2 Å². The lowest BCUT2D eigenvalue weighted by molar-refractivity contribution is 0.0976. The van der Waals surface area contributed by atoms with Gasteiger partial charge in [0.1, 0.15) is 0 Å². The van der Waals surface area contributed by atoms with Gasteiger partial charge in [0.25, 0.3) is 0 Å². The summed E-state index contributed by atoms with van der Waals surface area (Å²) in [7, 11) is 4.46. The molecule has 0 aliphatic heterocycles. The average molecular weight is 287 g/mol. The third-order valence-electron chi connectivity index (χ3n) is 2.82. The van der Waals surface area contributed by atoms with Gasteiger partial charge in [0.2, 0.25) is 5.75 Å². The maximum absolute atomic E-state index is 12.2. The molecule has 0 aliphatic carbocycles. The lowest BCUT2D eigenvalue weighted by Gasteiger charge is -2.16. The van der Waals surface area contributed by atoms with Crippen LogP contribution >= 0.6 is 11.6 Å². The lowest BCUT2D eigenvalue weighted by Crippen LogP contribution is -2.05. The predicted octanol–water partition coefficient (Wildman–Crippen LogP) is 3.74. The molecule has 4 nitrogen and oxygen atoms in total. The Bertz CT molecular complexity index is 457. The van der Waals surface area contributed by atoms with Crippen LogP contribution in [0, 0.1) is 0 Å². The molecular formula is C14H19ClO4. The molecule has 0 fully saturated rings. The smallest absolute Gasteiger partial charge is 0.205 e. The third kappa shape index (κ3) is 3.32. The van der Waals surface area contributed by atoms with E-state index in [0.717, 1.165) is 12.8 Å². The monoisotopic (exact) mass is 286 g/mol. The Morgan fingerprint density at radius 3 is 2.16 bits per heavy atom. The minimum absolute atomic E-state index is 0.0125. The zero-order chi connectivity index (χ0) is 14.4. The van der Waals surface area contributed by atoms with Gasteiger partial charge in [0, 0.05) is 6.42 Å². The van der Waals surface area contributed by atoms with Gasteiger partial charge in [-0.2, -0.15) is 0 Å². The summed E-state index contributed by atoms with van der Waals surface area (Å²) in [5.74, 6) is 1.07. The molecule has 0 saturated heterocycles. The van der Waals surface area contributed by atoms with Crippen molar-refractivity contribution in [2.75, 3.05) is 21.3 Å². The molecule has 1 rings (SSSR count). The second kappa shape index (κ2) is 7.24. The van der Waals surface area contributed by atoms with Crippen LogP contribution in [0.3, 0.4) is 0 Å². The summed E-state index contributed by atoms with van der Waals surface area (Å²) in [5, 5.41) is 0.333. The van der Waals surface area contributed by atoms with Gasteiger partial charge in [-0.3, -0.25) is 4.79 Å². The number of ketones is 1. The van der Waals surface area contributed by atoms with Crippen molar-refractivity contribution >= 4 is 17.4 Å². The molecule has 106 valence electrons. The van der Waals surface area contributed by atoms with Gasteiger partial charge in [-0.1, -0.05) is 24.9 Å². The van der Waals surface area contributed by atoms with Crippen molar-refractivity contribution in [1.82, 2.24) is 0 Å². The van der Waals surface area contributed by atoms with Crippen molar-refractivity contribution in [3.63, 3.8) is 0 Å². The van der Waals surface area contributed by atoms with Gasteiger partial charge in [-0.05, 0) is 12.5 Å². The Labute approximate surface area is 118 Å². The lowest BCUT2D eigenvalue weighted by atomic mass is 10.0. The van der Waals surface area contributed by atoms with E-state index in [-0.39, 0.29) is 5.78 Å².